The summed E-state index contributed by atoms with van der Waals surface area (Å²) in [6, 6.07) is 1.49. The van der Waals surface area contributed by atoms with Crippen LogP contribution in [0, 0.1) is 17.3 Å². The molecule has 3 atom stereocenters. The van der Waals surface area contributed by atoms with Gasteiger partial charge < -0.3 is 36.2 Å². The lowest BCUT2D eigenvalue weighted by Crippen LogP contribution is -2.58. The second-order valence-electron chi connectivity index (χ2n) is 11.2. The van der Waals surface area contributed by atoms with Crippen LogP contribution >= 0.6 is 0 Å². The maximum absolute atomic E-state index is 13.6. The van der Waals surface area contributed by atoms with Crippen LogP contribution in [0.1, 0.15) is 62.1 Å². The molecule has 2 saturated carbocycles. The molecule has 10 heteroatoms. The maximum atomic E-state index is 13.6. The van der Waals surface area contributed by atoms with Gasteiger partial charge in [0.25, 0.3) is 5.91 Å². The minimum Gasteiger partial charge on any atom is -0.508 e. The molecule has 0 bridgehead atoms. The second-order valence-corrected chi connectivity index (χ2v) is 11.2. The van der Waals surface area contributed by atoms with Crippen LogP contribution in [0.15, 0.2) is 23.0 Å². The Bertz CT molecular complexity index is 1300. The smallest absolute Gasteiger partial charge is 0.255 e. The SMILES string of the molecule is CCC1(CNCc2cc(O)c3c(c2OC)CC2C[C@H]4CC(=O)C(C(N)=O)=C(O)[C@@]4(O)C(=O)C2=C3O)CCC1. The maximum Gasteiger partial charge on any atom is 0.255 e. The van der Waals surface area contributed by atoms with Gasteiger partial charge in [0.2, 0.25) is 5.78 Å². The van der Waals surface area contributed by atoms with Gasteiger partial charge >= 0.3 is 0 Å². The van der Waals surface area contributed by atoms with Crippen molar-refractivity contribution in [1.29, 1.82) is 0 Å². The molecular weight excluding hydrogens is 492 g/mol. The molecule has 0 aromatic heterocycles. The number of nitrogens with two attached hydrogens (primary N) is 1. The third-order valence-electron chi connectivity index (χ3n) is 9.27. The standard InChI is InChI=1S/C28H34N2O8/c1-3-27(5-4-6-27)12-30-11-14-9-17(31)20-16(23(14)38-2)8-13-7-15-10-18(32)21(26(29)36)25(35)28(15,37)24(34)19(13)22(20)33/h9,13,15,30-31,33,35,37H,3-8,10-12H2,1-2H3,(H2,29,36)/t13?,15-,28-/m0/s1. The number of benzene rings is 1. The number of hydrogen-bond donors (Lipinski definition) is 6. The third kappa shape index (κ3) is 3.65. The fourth-order valence-corrected chi connectivity index (χ4v) is 6.91. The van der Waals surface area contributed by atoms with E-state index in [1.165, 1.54) is 32.4 Å². The highest BCUT2D eigenvalue weighted by Gasteiger charge is 2.60. The number of fused-ring (bicyclic) bond motifs is 3. The number of aliphatic hydroxyl groups is 3. The van der Waals surface area contributed by atoms with Crippen LogP contribution in [0.25, 0.3) is 5.76 Å². The van der Waals surface area contributed by atoms with Crippen molar-refractivity contribution in [2.75, 3.05) is 13.7 Å². The molecule has 0 saturated heterocycles. The van der Waals surface area contributed by atoms with Crippen molar-refractivity contribution in [3.63, 3.8) is 0 Å². The second kappa shape index (κ2) is 9.13. The van der Waals surface area contributed by atoms with Gasteiger partial charge in [0.1, 0.15) is 28.6 Å². The summed E-state index contributed by atoms with van der Waals surface area (Å²) in [6.45, 7) is 3.48. The number of carbonyl (C=O) groups is 3. The lowest BCUT2D eigenvalue weighted by atomic mass is 9.59. The third-order valence-corrected chi connectivity index (χ3v) is 9.27. The number of ketones is 2. The van der Waals surface area contributed by atoms with E-state index in [9.17, 15) is 34.8 Å². The summed E-state index contributed by atoms with van der Waals surface area (Å²) in [6.07, 6.45) is 4.61. The predicted molar refractivity (Wildman–Crippen MR) is 136 cm³/mol. The van der Waals surface area contributed by atoms with Gasteiger partial charge in [0, 0.05) is 42.1 Å². The monoisotopic (exact) mass is 526 g/mol. The molecule has 1 amide bonds. The molecule has 0 aliphatic heterocycles. The van der Waals surface area contributed by atoms with Gasteiger partial charge in [-0.15, -0.1) is 0 Å². The fourth-order valence-electron chi connectivity index (χ4n) is 6.91. The van der Waals surface area contributed by atoms with E-state index in [1.807, 2.05) is 0 Å². The van der Waals surface area contributed by atoms with E-state index in [4.69, 9.17) is 10.5 Å². The molecule has 1 unspecified atom stereocenters. The van der Waals surface area contributed by atoms with Gasteiger partial charge in [-0.2, -0.15) is 0 Å². The zero-order valence-corrected chi connectivity index (χ0v) is 21.6. The topological polar surface area (TPSA) is 179 Å². The average molecular weight is 527 g/mol. The molecule has 4 aliphatic carbocycles. The minimum atomic E-state index is -2.57. The molecule has 4 aliphatic rings. The molecule has 10 nitrogen and oxygen atoms in total. The van der Waals surface area contributed by atoms with E-state index in [0.717, 1.165) is 13.0 Å². The van der Waals surface area contributed by atoms with Gasteiger partial charge in [-0.05, 0) is 49.5 Å². The Morgan fingerprint density at radius 3 is 2.50 bits per heavy atom. The van der Waals surface area contributed by atoms with E-state index < -0.39 is 52.0 Å². The number of aromatic hydroxyl groups is 1. The van der Waals surface area contributed by atoms with Crippen LogP contribution in [0.3, 0.4) is 0 Å². The molecule has 7 N–H and O–H groups in total. The summed E-state index contributed by atoms with van der Waals surface area (Å²) in [7, 11) is 1.50. The summed E-state index contributed by atoms with van der Waals surface area (Å²) < 4.78 is 5.73. The van der Waals surface area contributed by atoms with E-state index >= 15 is 0 Å². The van der Waals surface area contributed by atoms with E-state index in [1.54, 1.807) is 0 Å². The molecule has 38 heavy (non-hydrogen) atoms. The number of aliphatic hydroxyl groups excluding tert-OH is 2. The Hall–Kier alpha value is -3.37. The summed E-state index contributed by atoms with van der Waals surface area (Å²) in [4.78, 5) is 37.9. The van der Waals surface area contributed by atoms with Gasteiger partial charge in [0.05, 0.1) is 12.7 Å². The Morgan fingerprint density at radius 2 is 1.92 bits per heavy atom. The highest BCUT2D eigenvalue weighted by atomic mass is 16.5. The summed E-state index contributed by atoms with van der Waals surface area (Å²) in [5.41, 5.74) is 3.25. The predicted octanol–water partition coefficient (Wildman–Crippen LogP) is 2.10. The molecule has 1 aromatic rings. The number of rotatable bonds is 7. The van der Waals surface area contributed by atoms with Crippen molar-refractivity contribution in [2.24, 2.45) is 23.0 Å². The first-order valence-corrected chi connectivity index (χ1v) is 13.1. The van der Waals surface area contributed by atoms with Crippen molar-refractivity contribution < 1.29 is 39.5 Å². The zero-order valence-electron chi connectivity index (χ0n) is 21.6. The summed E-state index contributed by atoms with van der Waals surface area (Å²) >= 11 is 0. The molecule has 0 spiro atoms. The summed E-state index contributed by atoms with van der Waals surface area (Å²) in [5, 5.41) is 47.7. The van der Waals surface area contributed by atoms with Crippen molar-refractivity contribution in [3.8, 4) is 11.5 Å². The van der Waals surface area contributed by atoms with Crippen molar-refractivity contribution in [1.82, 2.24) is 5.32 Å². The zero-order chi connectivity index (χ0) is 27.6. The van der Waals surface area contributed by atoms with Gasteiger partial charge in [-0.1, -0.05) is 13.3 Å². The first kappa shape index (κ1) is 26.2. The van der Waals surface area contributed by atoms with Crippen LogP contribution in [0.4, 0.5) is 0 Å². The minimum absolute atomic E-state index is 0.0294. The molecule has 0 heterocycles. The van der Waals surface area contributed by atoms with Crippen LogP contribution in [0.2, 0.25) is 0 Å². The largest absolute Gasteiger partial charge is 0.508 e. The number of nitrogens with one attached hydrogen (secondary N) is 1. The lowest BCUT2D eigenvalue weighted by molar-refractivity contribution is -0.147. The number of carbonyl (C=O) groups excluding carboxylic acids is 3. The Morgan fingerprint density at radius 1 is 1.21 bits per heavy atom. The number of primary amides is 1. The van der Waals surface area contributed by atoms with Crippen LogP contribution in [0.5, 0.6) is 11.5 Å². The molecular formula is C28H34N2O8. The lowest BCUT2D eigenvalue weighted by Gasteiger charge is -2.46. The first-order chi connectivity index (χ1) is 18.0. The number of ether oxygens (including phenoxy) is 1. The van der Waals surface area contributed by atoms with Gasteiger partial charge in [-0.3, -0.25) is 14.4 Å². The van der Waals surface area contributed by atoms with Crippen LogP contribution in [-0.2, 0) is 27.3 Å². The highest BCUT2D eigenvalue weighted by Crippen LogP contribution is 2.53. The molecule has 0 radical (unpaired) electrons. The quantitative estimate of drug-likeness (QED) is 0.290. The van der Waals surface area contributed by atoms with E-state index in [0.29, 0.717) is 28.8 Å². The van der Waals surface area contributed by atoms with E-state index in [-0.39, 0.29) is 36.1 Å². The Kier molecular flexibility index (Phi) is 6.30. The number of Topliss-reactive ketones (excluding diaryl/α,β-unsaturated/α-hetero) is 2. The van der Waals surface area contributed by atoms with Gasteiger partial charge in [-0.25, -0.2) is 0 Å². The molecule has 204 valence electrons. The average Bonchev–Trinajstić information content (AvgIpc) is 2.82. The number of phenols is 1. The first-order valence-electron chi connectivity index (χ1n) is 13.1. The molecule has 1 aromatic carbocycles. The van der Waals surface area contributed by atoms with E-state index in [2.05, 4.69) is 12.2 Å². The number of hydrogen-bond acceptors (Lipinski definition) is 9. The molecule has 5 rings (SSSR count). The molecule has 2 fully saturated rings. The Labute approximate surface area is 220 Å². The number of phenolic OH excluding ortho intramolecular Hbond substituents is 1. The highest BCUT2D eigenvalue weighted by molar-refractivity contribution is 6.22. The fraction of sp³-hybridized carbons (Fsp3) is 0.536. The van der Waals surface area contributed by atoms with Crippen molar-refractivity contribution >= 4 is 23.2 Å². The Balaban J connectivity index is 1.54. The van der Waals surface area contributed by atoms with Crippen LogP contribution in [-0.4, -0.2) is 57.2 Å². The van der Waals surface area contributed by atoms with Crippen molar-refractivity contribution in [3.05, 3.63) is 39.7 Å². The number of amides is 1. The number of methoxy groups -OCH3 is 1. The van der Waals surface area contributed by atoms with Gasteiger partial charge in [0.15, 0.2) is 11.4 Å². The summed E-state index contributed by atoms with van der Waals surface area (Å²) in [5.74, 6) is -5.97. The van der Waals surface area contributed by atoms with Crippen molar-refractivity contribution in [2.45, 2.75) is 64.0 Å². The van der Waals surface area contributed by atoms with Crippen LogP contribution < -0.4 is 15.8 Å². The normalized spacial score (nSPS) is 27.9.